The Hall–Kier alpha value is -1.98. The SMILES string of the molecule is CN(Cc1ccccc1Cl)C(=O)CSc1nc2ccccc2o1. The number of hydrogen-bond acceptors (Lipinski definition) is 4. The molecule has 3 aromatic rings. The summed E-state index contributed by atoms with van der Waals surface area (Å²) in [5, 5.41) is 1.17. The summed E-state index contributed by atoms with van der Waals surface area (Å²) < 4.78 is 5.60. The quantitative estimate of drug-likeness (QED) is 0.648. The van der Waals surface area contributed by atoms with Gasteiger partial charge in [0.15, 0.2) is 5.58 Å². The molecule has 6 heteroatoms. The smallest absolute Gasteiger partial charge is 0.257 e. The number of nitrogens with zero attached hydrogens (tertiary/aromatic N) is 2. The zero-order valence-electron chi connectivity index (χ0n) is 12.5. The molecule has 23 heavy (non-hydrogen) atoms. The first-order valence-electron chi connectivity index (χ1n) is 7.09. The lowest BCUT2D eigenvalue weighted by Gasteiger charge is -2.17. The Morgan fingerprint density at radius 2 is 1.96 bits per heavy atom. The number of oxazole rings is 1. The third-order valence-corrected chi connectivity index (χ3v) is 4.57. The van der Waals surface area contributed by atoms with Gasteiger partial charge in [-0.3, -0.25) is 4.79 Å². The molecule has 1 heterocycles. The molecule has 0 radical (unpaired) electrons. The highest BCUT2D eigenvalue weighted by Gasteiger charge is 2.13. The molecule has 0 saturated carbocycles. The molecule has 2 aromatic carbocycles. The van der Waals surface area contributed by atoms with Gasteiger partial charge < -0.3 is 9.32 Å². The number of fused-ring (bicyclic) bond motifs is 1. The summed E-state index contributed by atoms with van der Waals surface area (Å²) in [6.07, 6.45) is 0. The summed E-state index contributed by atoms with van der Waals surface area (Å²) in [6.45, 7) is 0.479. The van der Waals surface area contributed by atoms with Crippen molar-refractivity contribution in [3.8, 4) is 0 Å². The first-order valence-corrected chi connectivity index (χ1v) is 8.45. The molecule has 0 aliphatic carbocycles. The fourth-order valence-electron chi connectivity index (χ4n) is 2.12. The Labute approximate surface area is 143 Å². The van der Waals surface area contributed by atoms with Crippen molar-refractivity contribution in [1.82, 2.24) is 9.88 Å². The molecular weight excluding hydrogens is 332 g/mol. The van der Waals surface area contributed by atoms with Gasteiger partial charge in [-0.1, -0.05) is 53.7 Å². The maximum absolute atomic E-state index is 12.2. The number of thioether (sulfide) groups is 1. The maximum Gasteiger partial charge on any atom is 0.257 e. The third kappa shape index (κ3) is 3.86. The van der Waals surface area contributed by atoms with E-state index in [-0.39, 0.29) is 11.7 Å². The lowest BCUT2D eigenvalue weighted by Crippen LogP contribution is -2.27. The van der Waals surface area contributed by atoms with E-state index in [1.807, 2.05) is 48.5 Å². The predicted molar refractivity (Wildman–Crippen MR) is 92.7 cm³/mol. The molecule has 0 aliphatic rings. The van der Waals surface area contributed by atoms with Gasteiger partial charge in [-0.15, -0.1) is 0 Å². The number of rotatable bonds is 5. The summed E-state index contributed by atoms with van der Waals surface area (Å²) in [5.41, 5.74) is 2.45. The molecular formula is C17H15ClN2O2S. The van der Waals surface area contributed by atoms with Crippen LogP contribution in [0.25, 0.3) is 11.1 Å². The van der Waals surface area contributed by atoms with Crippen molar-refractivity contribution in [3.05, 3.63) is 59.1 Å². The molecule has 0 bridgehead atoms. The zero-order chi connectivity index (χ0) is 16.2. The molecule has 0 saturated heterocycles. The van der Waals surface area contributed by atoms with Crippen LogP contribution in [0, 0.1) is 0 Å². The average Bonchev–Trinajstić information content (AvgIpc) is 2.97. The Balaban J connectivity index is 1.59. The fourth-order valence-corrected chi connectivity index (χ4v) is 3.09. The third-order valence-electron chi connectivity index (χ3n) is 3.38. The molecule has 1 amide bonds. The molecule has 3 rings (SSSR count). The van der Waals surface area contributed by atoms with Crippen LogP contribution in [-0.4, -0.2) is 28.6 Å². The van der Waals surface area contributed by atoms with Crippen LogP contribution in [-0.2, 0) is 11.3 Å². The summed E-state index contributed by atoms with van der Waals surface area (Å²) in [4.78, 5) is 18.2. The Kier molecular flexibility index (Phi) is 4.88. The second-order valence-electron chi connectivity index (χ2n) is 5.08. The monoisotopic (exact) mass is 346 g/mol. The largest absolute Gasteiger partial charge is 0.431 e. The van der Waals surface area contributed by atoms with Crippen LogP contribution >= 0.6 is 23.4 Å². The van der Waals surface area contributed by atoms with E-state index in [0.717, 1.165) is 16.7 Å². The highest BCUT2D eigenvalue weighted by Crippen LogP contribution is 2.23. The number of amides is 1. The number of carbonyl (C=O) groups is 1. The number of aromatic nitrogens is 1. The highest BCUT2D eigenvalue weighted by atomic mass is 35.5. The van der Waals surface area contributed by atoms with E-state index in [1.165, 1.54) is 11.8 Å². The van der Waals surface area contributed by atoms with Crippen molar-refractivity contribution in [2.75, 3.05) is 12.8 Å². The van der Waals surface area contributed by atoms with Gasteiger partial charge in [-0.05, 0) is 23.8 Å². The predicted octanol–water partition coefficient (Wildman–Crippen LogP) is 4.23. The van der Waals surface area contributed by atoms with E-state index in [4.69, 9.17) is 16.0 Å². The zero-order valence-corrected chi connectivity index (χ0v) is 14.1. The molecule has 118 valence electrons. The second-order valence-corrected chi connectivity index (χ2v) is 6.41. The van der Waals surface area contributed by atoms with Crippen LogP contribution in [0.15, 0.2) is 58.2 Å². The summed E-state index contributed by atoms with van der Waals surface area (Å²) in [7, 11) is 1.76. The van der Waals surface area contributed by atoms with Crippen molar-refractivity contribution >= 4 is 40.4 Å². The first-order chi connectivity index (χ1) is 11.1. The van der Waals surface area contributed by atoms with Crippen molar-refractivity contribution < 1.29 is 9.21 Å². The van der Waals surface area contributed by atoms with E-state index in [9.17, 15) is 4.79 Å². The molecule has 0 fully saturated rings. The Morgan fingerprint density at radius 1 is 1.22 bits per heavy atom. The number of benzene rings is 2. The minimum absolute atomic E-state index is 0.00261. The second kappa shape index (κ2) is 7.06. The van der Waals surface area contributed by atoms with Crippen molar-refractivity contribution in [2.24, 2.45) is 0 Å². The van der Waals surface area contributed by atoms with Crippen LogP contribution in [0.2, 0.25) is 5.02 Å². The first kappa shape index (κ1) is 15.9. The van der Waals surface area contributed by atoms with Gasteiger partial charge in [-0.2, -0.15) is 0 Å². The van der Waals surface area contributed by atoms with Crippen molar-refractivity contribution in [1.29, 1.82) is 0 Å². The van der Waals surface area contributed by atoms with Crippen LogP contribution in [0.1, 0.15) is 5.56 Å². The van der Waals surface area contributed by atoms with Crippen molar-refractivity contribution in [2.45, 2.75) is 11.8 Å². The highest BCUT2D eigenvalue weighted by molar-refractivity contribution is 7.99. The Bertz CT molecular complexity index is 801. The molecule has 0 N–H and O–H groups in total. The maximum atomic E-state index is 12.2. The summed E-state index contributed by atoms with van der Waals surface area (Å²) in [6, 6.07) is 15.1. The van der Waals surface area contributed by atoms with Gasteiger partial charge in [0.1, 0.15) is 5.52 Å². The van der Waals surface area contributed by atoms with Gasteiger partial charge in [0, 0.05) is 18.6 Å². The number of carbonyl (C=O) groups excluding carboxylic acids is 1. The lowest BCUT2D eigenvalue weighted by atomic mass is 10.2. The van der Waals surface area contributed by atoms with E-state index >= 15 is 0 Å². The van der Waals surface area contributed by atoms with Gasteiger partial charge in [0.2, 0.25) is 5.91 Å². The molecule has 0 spiro atoms. The van der Waals surface area contributed by atoms with Crippen molar-refractivity contribution in [3.63, 3.8) is 0 Å². The summed E-state index contributed by atoms with van der Waals surface area (Å²) >= 11 is 7.42. The molecule has 1 aromatic heterocycles. The number of halogens is 1. The van der Waals surface area contributed by atoms with Gasteiger partial charge in [0.25, 0.3) is 5.22 Å². The van der Waals surface area contributed by atoms with Crippen LogP contribution in [0.4, 0.5) is 0 Å². The van der Waals surface area contributed by atoms with E-state index in [2.05, 4.69) is 4.98 Å². The lowest BCUT2D eigenvalue weighted by molar-refractivity contribution is -0.127. The molecule has 0 unspecified atom stereocenters. The fraction of sp³-hybridized carbons (Fsp3) is 0.176. The standard InChI is InChI=1S/C17H15ClN2O2S/c1-20(10-12-6-2-3-7-13(12)18)16(21)11-23-17-19-14-8-4-5-9-15(14)22-17/h2-9H,10-11H2,1H3. The van der Waals surface area contributed by atoms with Gasteiger partial charge >= 0.3 is 0 Å². The topological polar surface area (TPSA) is 46.3 Å². The number of para-hydroxylation sites is 2. The Morgan fingerprint density at radius 3 is 2.74 bits per heavy atom. The minimum Gasteiger partial charge on any atom is -0.431 e. The van der Waals surface area contributed by atoms with Crippen LogP contribution < -0.4 is 0 Å². The van der Waals surface area contributed by atoms with E-state index in [1.54, 1.807) is 11.9 Å². The van der Waals surface area contributed by atoms with Gasteiger partial charge in [0.05, 0.1) is 5.75 Å². The van der Waals surface area contributed by atoms with Crippen LogP contribution in [0.5, 0.6) is 0 Å². The minimum atomic E-state index is -0.00261. The number of hydrogen-bond donors (Lipinski definition) is 0. The van der Waals surface area contributed by atoms with E-state index in [0.29, 0.717) is 16.8 Å². The van der Waals surface area contributed by atoms with Gasteiger partial charge in [-0.25, -0.2) is 4.98 Å². The molecule has 0 aliphatic heterocycles. The molecule has 0 atom stereocenters. The molecule has 4 nitrogen and oxygen atoms in total. The van der Waals surface area contributed by atoms with Crippen LogP contribution in [0.3, 0.4) is 0 Å². The van der Waals surface area contributed by atoms with E-state index < -0.39 is 0 Å². The normalized spacial score (nSPS) is 10.9. The average molecular weight is 347 g/mol. The summed E-state index contributed by atoms with van der Waals surface area (Å²) in [5.74, 6) is 0.269.